The minimum atomic E-state index is -0.484. The first-order chi connectivity index (χ1) is 8.78. The molecule has 18 heavy (non-hydrogen) atoms. The summed E-state index contributed by atoms with van der Waals surface area (Å²) < 4.78 is 5.51. The lowest BCUT2D eigenvalue weighted by molar-refractivity contribution is 0.0735. The Kier molecular flexibility index (Phi) is 4.99. The van der Waals surface area contributed by atoms with Crippen LogP contribution in [0.2, 0.25) is 0 Å². The average Bonchev–Trinajstić information content (AvgIpc) is 2.85. The van der Waals surface area contributed by atoms with Crippen molar-refractivity contribution in [1.29, 1.82) is 0 Å². The molecule has 1 aromatic carbocycles. The molecule has 0 amide bonds. The Morgan fingerprint density at radius 3 is 2.78 bits per heavy atom. The molecule has 1 saturated heterocycles. The van der Waals surface area contributed by atoms with Gasteiger partial charge in [0.2, 0.25) is 0 Å². The number of aliphatic hydroxyl groups is 2. The van der Waals surface area contributed by atoms with E-state index in [-0.39, 0.29) is 6.61 Å². The van der Waals surface area contributed by atoms with E-state index in [0.717, 1.165) is 25.3 Å². The van der Waals surface area contributed by atoms with Crippen LogP contribution >= 0.6 is 0 Å². The molecule has 4 heteroatoms. The first-order valence-electron chi connectivity index (χ1n) is 6.47. The lowest BCUT2D eigenvalue weighted by atomic mass is 10.1. The van der Waals surface area contributed by atoms with Gasteiger partial charge in [0.05, 0.1) is 0 Å². The van der Waals surface area contributed by atoms with Crippen LogP contribution in [0.25, 0.3) is 0 Å². The van der Waals surface area contributed by atoms with Crippen LogP contribution in [-0.4, -0.2) is 54.1 Å². The average molecular weight is 251 g/mol. The maximum absolute atomic E-state index is 9.90. The molecule has 100 valence electrons. The van der Waals surface area contributed by atoms with Crippen LogP contribution in [0.15, 0.2) is 30.3 Å². The van der Waals surface area contributed by atoms with Crippen LogP contribution in [0, 0.1) is 5.92 Å². The number of benzene rings is 1. The Labute approximate surface area is 108 Å². The summed E-state index contributed by atoms with van der Waals surface area (Å²) in [5.74, 6) is 1.15. The zero-order valence-electron chi connectivity index (χ0n) is 10.5. The van der Waals surface area contributed by atoms with Gasteiger partial charge < -0.3 is 19.8 Å². The second-order valence-corrected chi connectivity index (χ2v) is 4.87. The highest BCUT2D eigenvalue weighted by molar-refractivity contribution is 5.20. The first-order valence-corrected chi connectivity index (χ1v) is 6.47. The first kappa shape index (κ1) is 13.3. The molecule has 1 aliphatic heterocycles. The molecule has 0 radical (unpaired) electrons. The SMILES string of the molecule is OCC1CCN(CC(O)COc2ccccc2)C1. The second kappa shape index (κ2) is 6.73. The van der Waals surface area contributed by atoms with Gasteiger partial charge in [-0.15, -0.1) is 0 Å². The molecule has 2 unspecified atom stereocenters. The second-order valence-electron chi connectivity index (χ2n) is 4.87. The summed E-state index contributed by atoms with van der Waals surface area (Å²) in [6.45, 7) is 2.99. The Morgan fingerprint density at radius 2 is 2.11 bits per heavy atom. The molecule has 0 aromatic heterocycles. The van der Waals surface area contributed by atoms with Gasteiger partial charge in [-0.25, -0.2) is 0 Å². The van der Waals surface area contributed by atoms with E-state index >= 15 is 0 Å². The molecule has 1 aliphatic rings. The Hall–Kier alpha value is -1.10. The Morgan fingerprint density at radius 1 is 1.33 bits per heavy atom. The zero-order chi connectivity index (χ0) is 12.8. The van der Waals surface area contributed by atoms with E-state index in [0.29, 0.717) is 19.1 Å². The number of likely N-dealkylation sites (tertiary alicyclic amines) is 1. The van der Waals surface area contributed by atoms with Crippen LogP contribution in [0.4, 0.5) is 0 Å². The lowest BCUT2D eigenvalue weighted by Gasteiger charge is -2.20. The van der Waals surface area contributed by atoms with Gasteiger partial charge in [0.1, 0.15) is 18.5 Å². The standard InChI is InChI=1S/C14H21NO3/c16-10-12-6-7-15(8-12)9-13(17)11-18-14-4-2-1-3-5-14/h1-5,12-13,16-17H,6-11H2. The fraction of sp³-hybridized carbons (Fsp3) is 0.571. The normalized spacial score (nSPS) is 22.0. The van der Waals surface area contributed by atoms with Crippen molar-refractivity contribution in [3.05, 3.63) is 30.3 Å². The summed E-state index contributed by atoms with van der Waals surface area (Å²) in [7, 11) is 0. The van der Waals surface area contributed by atoms with E-state index in [4.69, 9.17) is 9.84 Å². The van der Waals surface area contributed by atoms with Gasteiger partial charge in [-0.3, -0.25) is 0 Å². The van der Waals surface area contributed by atoms with E-state index in [1.807, 2.05) is 30.3 Å². The van der Waals surface area contributed by atoms with E-state index < -0.39 is 6.10 Å². The smallest absolute Gasteiger partial charge is 0.119 e. The molecular weight excluding hydrogens is 230 g/mol. The number of nitrogens with zero attached hydrogens (tertiary/aromatic N) is 1. The number of rotatable bonds is 6. The van der Waals surface area contributed by atoms with Crippen molar-refractivity contribution < 1.29 is 14.9 Å². The predicted octanol–water partition coefficient (Wildman–Crippen LogP) is 0.740. The van der Waals surface area contributed by atoms with E-state index in [1.54, 1.807) is 0 Å². The predicted molar refractivity (Wildman–Crippen MR) is 69.6 cm³/mol. The summed E-state index contributed by atoms with van der Waals surface area (Å²) >= 11 is 0. The third kappa shape index (κ3) is 3.98. The molecule has 2 N–H and O–H groups in total. The van der Waals surface area contributed by atoms with Gasteiger partial charge in [0, 0.05) is 19.7 Å². The number of para-hydroxylation sites is 1. The number of hydrogen-bond donors (Lipinski definition) is 2. The highest BCUT2D eigenvalue weighted by Crippen LogP contribution is 2.15. The van der Waals surface area contributed by atoms with Gasteiger partial charge in [0.25, 0.3) is 0 Å². The molecule has 0 spiro atoms. The zero-order valence-corrected chi connectivity index (χ0v) is 10.5. The van der Waals surface area contributed by atoms with Crippen LogP contribution in [-0.2, 0) is 0 Å². The largest absolute Gasteiger partial charge is 0.491 e. The summed E-state index contributed by atoms with van der Waals surface area (Å²) in [5, 5.41) is 19.0. The summed E-state index contributed by atoms with van der Waals surface area (Å²) in [6.07, 6.45) is 0.533. The third-order valence-corrected chi connectivity index (χ3v) is 3.28. The van der Waals surface area contributed by atoms with Crippen molar-refractivity contribution in [2.24, 2.45) is 5.92 Å². The minimum Gasteiger partial charge on any atom is -0.491 e. The highest BCUT2D eigenvalue weighted by atomic mass is 16.5. The van der Waals surface area contributed by atoms with Crippen molar-refractivity contribution >= 4 is 0 Å². The molecule has 0 bridgehead atoms. The molecule has 0 saturated carbocycles. The van der Waals surface area contributed by atoms with E-state index in [9.17, 15) is 5.11 Å². The molecule has 4 nitrogen and oxygen atoms in total. The fourth-order valence-electron chi connectivity index (χ4n) is 2.29. The molecule has 1 aromatic rings. The number of aliphatic hydroxyl groups excluding tert-OH is 2. The number of β-amino-alcohol motifs (C(OH)–C–C–N with tert-alkyl or cyclic N) is 1. The van der Waals surface area contributed by atoms with Crippen LogP contribution in [0.1, 0.15) is 6.42 Å². The van der Waals surface area contributed by atoms with Crippen molar-refractivity contribution in [2.75, 3.05) is 32.8 Å². The topological polar surface area (TPSA) is 52.9 Å². The van der Waals surface area contributed by atoms with Crippen molar-refractivity contribution in [3.8, 4) is 5.75 Å². The molecule has 0 aliphatic carbocycles. The van der Waals surface area contributed by atoms with Crippen molar-refractivity contribution in [1.82, 2.24) is 4.90 Å². The summed E-state index contributed by atoms with van der Waals surface area (Å²) in [4.78, 5) is 2.18. The van der Waals surface area contributed by atoms with Gasteiger partial charge in [-0.1, -0.05) is 18.2 Å². The van der Waals surface area contributed by atoms with E-state index in [1.165, 1.54) is 0 Å². The molecule has 2 atom stereocenters. The minimum absolute atomic E-state index is 0.243. The third-order valence-electron chi connectivity index (χ3n) is 3.28. The molecule has 1 heterocycles. The van der Waals surface area contributed by atoms with Crippen LogP contribution in [0.5, 0.6) is 5.75 Å². The quantitative estimate of drug-likeness (QED) is 0.783. The van der Waals surface area contributed by atoms with E-state index in [2.05, 4.69) is 4.90 Å². The van der Waals surface area contributed by atoms with Gasteiger partial charge in [-0.2, -0.15) is 0 Å². The van der Waals surface area contributed by atoms with Gasteiger partial charge >= 0.3 is 0 Å². The lowest BCUT2D eigenvalue weighted by Crippen LogP contribution is -2.34. The van der Waals surface area contributed by atoms with Crippen molar-refractivity contribution in [2.45, 2.75) is 12.5 Å². The monoisotopic (exact) mass is 251 g/mol. The highest BCUT2D eigenvalue weighted by Gasteiger charge is 2.23. The summed E-state index contributed by atoms with van der Waals surface area (Å²) in [6, 6.07) is 9.51. The molecular formula is C14H21NO3. The van der Waals surface area contributed by atoms with Crippen LogP contribution < -0.4 is 4.74 Å². The van der Waals surface area contributed by atoms with Crippen molar-refractivity contribution in [3.63, 3.8) is 0 Å². The number of ether oxygens (including phenoxy) is 1. The Bertz CT molecular complexity index is 344. The maximum Gasteiger partial charge on any atom is 0.119 e. The fourth-order valence-corrected chi connectivity index (χ4v) is 2.29. The van der Waals surface area contributed by atoms with Gasteiger partial charge in [0.15, 0.2) is 0 Å². The molecule has 1 fully saturated rings. The molecule has 2 rings (SSSR count). The van der Waals surface area contributed by atoms with Crippen LogP contribution in [0.3, 0.4) is 0 Å². The van der Waals surface area contributed by atoms with Gasteiger partial charge in [-0.05, 0) is 31.0 Å². The Balaban J connectivity index is 1.68. The summed E-state index contributed by atoms with van der Waals surface area (Å²) in [5.41, 5.74) is 0. The number of hydrogen-bond acceptors (Lipinski definition) is 4. The maximum atomic E-state index is 9.90.